The number of aromatic nitrogens is 22. The Morgan fingerprint density at radius 3 is 1.22 bits per heavy atom. The van der Waals surface area contributed by atoms with Crippen LogP contribution < -0.4 is 41.3 Å². The number of piperazine rings is 1. The fraction of sp³-hybridized carbons (Fsp3) is 0.361. The Bertz CT molecular complexity index is 7490. The molecule has 149 heavy (non-hydrogen) atoms. The highest BCUT2D eigenvalue weighted by Gasteiger charge is 2.46. The number of carboxylic acid groups (broad SMARTS) is 1. The van der Waals surface area contributed by atoms with Crippen molar-refractivity contribution in [3.05, 3.63) is 228 Å². The number of nitrogens with two attached hydrogens (primary N) is 2. The highest BCUT2D eigenvalue weighted by Crippen LogP contribution is 2.41. The average molecular weight is 2090 g/mol. The number of aryl methyl sites for hydroxylation is 2. The molecule has 4 unspecified atom stereocenters. The summed E-state index contributed by atoms with van der Waals surface area (Å²) < 4.78 is 170. The van der Waals surface area contributed by atoms with Crippen molar-refractivity contribution in [1.82, 2.24) is 112 Å². The van der Waals surface area contributed by atoms with Crippen LogP contribution in [0.25, 0.3) is 85.7 Å². The molecule has 2 amide bonds. The van der Waals surface area contributed by atoms with Gasteiger partial charge in [0.15, 0.2) is 40.1 Å². The molecular weight excluding hydrogens is 1990 g/mol. The van der Waals surface area contributed by atoms with Crippen molar-refractivity contribution in [1.29, 1.82) is 0 Å². The van der Waals surface area contributed by atoms with Crippen LogP contribution in [0.4, 0.5) is 81.9 Å². The van der Waals surface area contributed by atoms with Gasteiger partial charge < -0.3 is 66.4 Å². The van der Waals surface area contributed by atoms with E-state index in [0.29, 0.717) is 127 Å². The van der Waals surface area contributed by atoms with Gasteiger partial charge in [-0.2, -0.15) is 57.8 Å². The Labute approximate surface area is 843 Å². The first-order chi connectivity index (χ1) is 70.5. The zero-order valence-electron chi connectivity index (χ0n) is 80.3. The lowest BCUT2D eigenvalue weighted by molar-refractivity contribution is -0.178. The molecule has 0 spiro atoms. The number of hydrogen-bond donors (Lipinski definition) is 8. The number of carbonyl (C=O) groups is 4. The van der Waals surface area contributed by atoms with Crippen LogP contribution in [0.1, 0.15) is 118 Å². The molecule has 0 saturated carbocycles. The SMILES string of the molecule is CC(C)(C)OC(=O)C1(O)CCCN(c2ccnc(-c3cnc4ccc(C(F)(F)F)cn34)n2)C1.Cc1cc(-c2cnc3ccc(Cl)cn23)nc(N2C[C@@H](C)C[C@H](c3cn[nH]c3C)C2)n1.NC(=O)C1(O)CCCN(c2ccnc(-c3cnc4ccc(C(F)(F)F)cn34)n2)C1.NC(=O)C1CN(c2ccnc(-c3cnc4ccc(C(F)(F)F)cn34)n2)CCN1.O=C(O)C1(O)CCCN(c2ccnc(-c3cnc4ccc(C(F)(F)F)cn34)n2)C1. The fourth-order valence-corrected chi connectivity index (χ4v) is 18.3. The first-order valence-corrected chi connectivity index (χ1v) is 47.1. The van der Waals surface area contributed by atoms with Crippen molar-refractivity contribution >= 4 is 92.8 Å². The number of piperidine rings is 4. The maximum Gasteiger partial charge on any atom is 0.417 e. The first-order valence-electron chi connectivity index (χ1n) is 46.7. The number of aliphatic hydroxyl groups is 3. The third kappa shape index (κ3) is 23.5. The van der Waals surface area contributed by atoms with Crippen LogP contribution in [0, 0.1) is 19.8 Å². The molecule has 39 nitrogen and oxygen atoms in total. The summed E-state index contributed by atoms with van der Waals surface area (Å²) in [6, 6.07) is 20.7. The smallest absolute Gasteiger partial charge is 0.417 e. The molecule has 21 rings (SSSR count). The largest absolute Gasteiger partial charge is 0.479 e. The molecule has 0 aliphatic carbocycles. The number of β-amino-alcohol motifs (C(OH)–C–C–N with tert-alkyl or cyclic N) is 3. The number of imidazole rings is 5. The number of pyridine rings is 5. The van der Waals surface area contributed by atoms with Gasteiger partial charge in [0.2, 0.25) is 11.9 Å². The number of amides is 2. The second-order valence-corrected chi connectivity index (χ2v) is 38.0. The number of hydrogen-bond acceptors (Lipinski definition) is 30. The van der Waals surface area contributed by atoms with Crippen molar-refractivity contribution in [3.63, 3.8) is 0 Å². The highest BCUT2D eigenvalue weighted by molar-refractivity contribution is 6.30. The Balaban J connectivity index is 0.000000127. The summed E-state index contributed by atoms with van der Waals surface area (Å²) in [4.78, 5) is 121. The Morgan fingerprint density at radius 1 is 0.450 bits per heavy atom. The highest BCUT2D eigenvalue weighted by atomic mass is 35.5. The molecule has 16 aromatic heterocycles. The van der Waals surface area contributed by atoms with Gasteiger partial charge in [-0.05, 0) is 182 Å². The van der Waals surface area contributed by atoms with E-state index in [1.807, 2.05) is 53.0 Å². The molecule has 0 bridgehead atoms. The normalized spacial score (nSPS) is 19.5. The van der Waals surface area contributed by atoms with Crippen molar-refractivity contribution in [3.8, 4) is 57.5 Å². The summed E-state index contributed by atoms with van der Waals surface area (Å²) in [7, 11) is 0. The van der Waals surface area contributed by atoms with E-state index in [2.05, 4.69) is 99.1 Å². The van der Waals surface area contributed by atoms with E-state index < -0.39 is 99.2 Å². The van der Waals surface area contributed by atoms with Gasteiger partial charge in [0.1, 0.15) is 85.9 Å². The summed E-state index contributed by atoms with van der Waals surface area (Å²) in [6.07, 6.45) is 6.28. The number of aromatic amines is 1. The van der Waals surface area contributed by atoms with Crippen LogP contribution in [0.2, 0.25) is 5.02 Å². The van der Waals surface area contributed by atoms with Gasteiger partial charge in [-0.25, -0.2) is 84.3 Å². The topological polar surface area (TPSA) is 483 Å². The van der Waals surface area contributed by atoms with Gasteiger partial charge in [-0.15, -0.1) is 0 Å². The van der Waals surface area contributed by atoms with Crippen LogP contribution in [0.5, 0.6) is 0 Å². The number of esters is 1. The van der Waals surface area contributed by atoms with Crippen LogP contribution in [0.3, 0.4) is 0 Å². The minimum atomic E-state index is -4.51. The summed E-state index contributed by atoms with van der Waals surface area (Å²) in [6.45, 7) is 16.3. The second kappa shape index (κ2) is 41.5. The predicted octanol–water partition coefficient (Wildman–Crippen LogP) is 12.8. The molecule has 5 fully saturated rings. The van der Waals surface area contributed by atoms with Crippen molar-refractivity contribution in [2.75, 3.05) is 96.5 Å². The lowest BCUT2D eigenvalue weighted by Crippen LogP contribution is -2.56. The van der Waals surface area contributed by atoms with E-state index >= 15 is 0 Å². The Morgan fingerprint density at radius 2 is 0.832 bits per heavy atom. The number of alkyl halides is 12. The molecule has 5 aliphatic heterocycles. The molecule has 16 aromatic rings. The van der Waals surface area contributed by atoms with Crippen molar-refractivity contribution in [2.45, 2.75) is 146 Å². The van der Waals surface area contributed by atoms with Crippen molar-refractivity contribution in [2.24, 2.45) is 17.4 Å². The number of nitrogens with zero attached hydrogens (tertiary/aromatic N) is 26. The number of fused-ring (bicyclic) bond motifs is 5. The fourth-order valence-electron chi connectivity index (χ4n) is 18.1. The lowest BCUT2D eigenvalue weighted by atomic mass is 9.86. The second-order valence-electron chi connectivity index (χ2n) is 37.6. The minimum Gasteiger partial charge on any atom is -0.479 e. The van der Waals surface area contributed by atoms with E-state index in [0.717, 1.165) is 103 Å². The van der Waals surface area contributed by atoms with E-state index in [1.54, 1.807) is 59.7 Å². The van der Waals surface area contributed by atoms with Crippen LogP contribution >= 0.6 is 11.6 Å². The number of rotatable bonds is 15. The van der Waals surface area contributed by atoms with Gasteiger partial charge in [0.05, 0.1) is 95.5 Å². The Kier molecular flexibility index (Phi) is 29.1. The number of anilines is 5. The van der Waals surface area contributed by atoms with Crippen LogP contribution in [-0.4, -0.2) is 252 Å². The standard InChI is InChI=1S/C22H24ClN7.C22H24F3N5O3.C18H17F3N6O2.C18H16F3N5O3.C17H16F3N7O/c1-13-6-16(18-8-25-28-15(18)3)11-29(10-13)22-26-14(2)7-19(27-22)20-9-24-21-5-4-17(23)12-30(20)21;1-20(2,3)33-19(31)21(32)8-4-10-29(13-21)17-7-9-26-18(28-17)15-11-27-16-6-5-14(12-30(15)16)22(23,24)25;19-18(20,21)11-2-3-13-24-8-12(27(13)9-11)15-23-6-4-14(25-15)26-7-1-5-17(29,10-26)16(22)28;19-18(20,21)11-2-3-13-23-8-12(26(13)9-11)15-22-6-4-14(24-15)25-7-1-5-17(29,10-25)16(27)28;18-17(19,20)10-1-2-13-24-7-12(27(13)8-10)16-23-4-3-14(25-16)26-6-5-22-11(9-26)15(21)28/h4-5,7-9,12-13,16H,6,10-11H2,1-3H3,(H,25,28);5-7,9,11-12,32H,4,8,10,13H2,1-3H3;2-4,6,8-9,29H,1,5,7,10H2,(H2,22,28);2-4,6,8-9,29H,1,5,7,10H2,(H,27,28);1-4,7-8,11,22H,5-6,9H2,(H2,21,28)/t13-,16-;;;;/m0..../s1. The molecular formula is C97H97ClF12N30O9. The predicted molar refractivity (Wildman–Crippen MR) is 518 cm³/mol. The number of aliphatic carboxylic acids is 1. The number of carbonyl (C=O) groups excluding carboxylic acids is 3. The number of H-pyrrole nitrogens is 1. The maximum absolute atomic E-state index is 13.2. The van der Waals surface area contributed by atoms with Crippen molar-refractivity contribution < 1.29 is 97.0 Å². The minimum absolute atomic E-state index is 0.0236. The zero-order chi connectivity index (χ0) is 106. The Hall–Kier alpha value is -15.8. The number of halogens is 13. The third-order valence-corrected chi connectivity index (χ3v) is 25.7. The van der Waals surface area contributed by atoms with Gasteiger partial charge >= 0.3 is 36.6 Å². The average Bonchev–Trinajstić information content (AvgIpc) is 1.63. The zero-order valence-corrected chi connectivity index (χ0v) is 81.1. The van der Waals surface area contributed by atoms with Gasteiger partial charge in [-0.1, -0.05) is 18.5 Å². The van der Waals surface area contributed by atoms with Crippen LogP contribution in [0.15, 0.2) is 184 Å². The number of primary amides is 2. The molecule has 10 N–H and O–H groups in total. The van der Waals surface area contributed by atoms with E-state index in [-0.39, 0.29) is 79.3 Å². The number of nitrogens with one attached hydrogen (secondary N) is 2. The maximum atomic E-state index is 13.2. The molecule has 0 radical (unpaired) electrons. The molecule has 52 heteroatoms. The van der Waals surface area contributed by atoms with Gasteiger partial charge in [-0.3, -0.25) is 36.7 Å². The van der Waals surface area contributed by atoms with Gasteiger partial charge in [0.25, 0.3) is 5.91 Å². The van der Waals surface area contributed by atoms with E-state index in [4.69, 9.17) is 37.8 Å². The monoisotopic (exact) mass is 2090 g/mol. The summed E-state index contributed by atoms with van der Waals surface area (Å²) in [5, 5.41) is 51.9. The summed E-state index contributed by atoms with van der Waals surface area (Å²) in [5.41, 5.74) is 9.89. The number of ether oxygens (including phenoxy) is 1. The van der Waals surface area contributed by atoms with Gasteiger partial charge in [0, 0.05) is 125 Å². The molecule has 5 aliphatic rings. The van der Waals surface area contributed by atoms with E-state index in [1.165, 1.54) is 97.0 Å². The molecule has 5 saturated heterocycles. The lowest BCUT2D eigenvalue weighted by Gasteiger charge is -2.39. The molecule has 0 aromatic carbocycles. The molecule has 780 valence electrons. The summed E-state index contributed by atoms with van der Waals surface area (Å²) in [5.74, 6) is 0.947. The van der Waals surface area contributed by atoms with Crippen LogP contribution in [-0.2, 0) is 48.6 Å². The first kappa shape index (κ1) is 105. The number of carboxylic acids is 1. The third-order valence-electron chi connectivity index (χ3n) is 25.5. The quantitative estimate of drug-likeness (QED) is 0.0349. The summed E-state index contributed by atoms with van der Waals surface area (Å²) >= 11 is 6.22. The molecule has 21 heterocycles. The molecule has 6 atom stereocenters. The van der Waals surface area contributed by atoms with E-state index in [9.17, 15) is 92.3 Å².